The van der Waals surface area contributed by atoms with Crippen molar-refractivity contribution >= 4 is 49.6 Å². The van der Waals surface area contributed by atoms with Gasteiger partial charge in [0.1, 0.15) is 12.0 Å². The van der Waals surface area contributed by atoms with E-state index in [9.17, 15) is 17.2 Å². The van der Waals surface area contributed by atoms with Gasteiger partial charge in [-0.1, -0.05) is 6.07 Å². The molecule has 8 nitrogen and oxygen atoms in total. The number of hydrogen-bond donors (Lipinski definition) is 2. The van der Waals surface area contributed by atoms with E-state index < -0.39 is 22.3 Å². The number of nitrogens with one attached hydrogen (secondary N) is 1. The second kappa shape index (κ2) is 8.69. The lowest BCUT2D eigenvalue weighted by atomic mass is 10.0. The number of sulfonamides is 1. The topological polar surface area (TPSA) is 116 Å². The van der Waals surface area contributed by atoms with E-state index in [1.54, 1.807) is 4.57 Å². The number of benzene rings is 1. The number of imidazole rings is 1. The second-order valence-electron chi connectivity index (χ2n) is 8.62. The van der Waals surface area contributed by atoms with Crippen LogP contribution in [0.4, 0.5) is 14.6 Å². The van der Waals surface area contributed by atoms with Crippen LogP contribution in [0.5, 0.6) is 0 Å². The van der Waals surface area contributed by atoms with Crippen LogP contribution in [0.3, 0.4) is 0 Å². The summed E-state index contributed by atoms with van der Waals surface area (Å²) in [6.07, 6.45) is 1.64. The Bertz CT molecular complexity index is 1340. The zero-order chi connectivity index (χ0) is 23.3. The molecule has 1 saturated carbocycles. The molecule has 5 rings (SSSR count). The second-order valence-corrected chi connectivity index (χ2v) is 11.7. The third-order valence-electron chi connectivity index (χ3n) is 6.05. The first-order chi connectivity index (χ1) is 15.7. The van der Waals surface area contributed by atoms with Crippen LogP contribution in [0.1, 0.15) is 54.4 Å². The van der Waals surface area contributed by atoms with Crippen molar-refractivity contribution in [2.45, 2.75) is 57.3 Å². The fourth-order valence-corrected chi connectivity index (χ4v) is 6.36. The number of anilines is 1. The lowest BCUT2D eigenvalue weighted by molar-refractivity contribution is 0.343. The Morgan fingerprint density at radius 3 is 2.76 bits per heavy atom. The lowest BCUT2D eigenvalue weighted by Gasteiger charge is -2.12. The number of aryl methyl sites for hydroxylation is 2. The minimum absolute atomic E-state index is 0.0440. The summed E-state index contributed by atoms with van der Waals surface area (Å²) in [5.74, 6) is 0.411. The predicted molar refractivity (Wildman–Crippen MR) is 128 cm³/mol. The van der Waals surface area contributed by atoms with Crippen molar-refractivity contribution in [2.24, 2.45) is 0 Å². The Hall–Kier alpha value is -1.93. The SMILES string of the molecule is Nc1nc(F)nc2c1nc(Cc1cc3c(cc1I)CCC3F)n2CCCS(=O)(=O)NC1CC1. The Balaban J connectivity index is 1.46. The molecule has 12 heteroatoms. The minimum atomic E-state index is -3.39. The predicted octanol–water partition coefficient (Wildman–Crippen LogP) is 3.17. The zero-order valence-electron chi connectivity index (χ0n) is 17.7. The van der Waals surface area contributed by atoms with Gasteiger partial charge in [0.15, 0.2) is 17.0 Å². The summed E-state index contributed by atoms with van der Waals surface area (Å²) in [7, 11) is -3.39. The van der Waals surface area contributed by atoms with Gasteiger partial charge in [0, 0.05) is 22.6 Å². The molecule has 1 fully saturated rings. The van der Waals surface area contributed by atoms with Crippen molar-refractivity contribution in [3.8, 4) is 0 Å². The van der Waals surface area contributed by atoms with E-state index in [0.717, 1.165) is 34.0 Å². The van der Waals surface area contributed by atoms with E-state index in [1.807, 2.05) is 12.1 Å². The molecule has 176 valence electrons. The highest BCUT2D eigenvalue weighted by Gasteiger charge is 2.27. The minimum Gasteiger partial charge on any atom is -0.382 e. The van der Waals surface area contributed by atoms with Gasteiger partial charge in [-0.05, 0) is 77.5 Å². The van der Waals surface area contributed by atoms with Crippen molar-refractivity contribution in [1.29, 1.82) is 0 Å². The summed E-state index contributed by atoms with van der Waals surface area (Å²) < 4.78 is 58.1. The molecule has 3 N–H and O–H groups in total. The van der Waals surface area contributed by atoms with Gasteiger partial charge in [0.05, 0.1) is 5.75 Å². The van der Waals surface area contributed by atoms with Gasteiger partial charge in [0.2, 0.25) is 10.0 Å². The van der Waals surface area contributed by atoms with Crippen LogP contribution in [0.15, 0.2) is 12.1 Å². The molecule has 33 heavy (non-hydrogen) atoms. The zero-order valence-corrected chi connectivity index (χ0v) is 20.7. The molecule has 0 aliphatic heterocycles. The summed E-state index contributed by atoms with van der Waals surface area (Å²) in [5, 5.41) is 0. The molecule has 2 aliphatic carbocycles. The highest BCUT2D eigenvalue weighted by Crippen LogP contribution is 2.37. The highest BCUT2D eigenvalue weighted by molar-refractivity contribution is 14.1. The number of nitrogens with zero attached hydrogens (tertiary/aromatic N) is 4. The standard InChI is InChI=1S/C21H23F2IN6O2S/c22-15-5-2-11-9-16(24)12(8-14(11)15)10-17-26-18-19(25)27-21(23)28-20(18)30(17)6-1-7-33(31,32)29-13-3-4-13/h8-9,13,15,29H,1-7,10H2,(H2,25,27,28). The van der Waals surface area contributed by atoms with Crippen LogP contribution < -0.4 is 10.5 Å². The number of halogens is 3. The van der Waals surface area contributed by atoms with Crippen LogP contribution >= 0.6 is 22.6 Å². The van der Waals surface area contributed by atoms with Gasteiger partial charge in [-0.2, -0.15) is 14.4 Å². The van der Waals surface area contributed by atoms with E-state index in [0.29, 0.717) is 30.7 Å². The number of alkyl halides is 1. The van der Waals surface area contributed by atoms with Crippen LogP contribution in [0.25, 0.3) is 11.2 Å². The molecule has 0 spiro atoms. The first kappa shape index (κ1) is 22.8. The maximum atomic E-state index is 14.3. The number of hydrogen-bond acceptors (Lipinski definition) is 6. The number of nitrogens with two attached hydrogens (primary N) is 1. The fraction of sp³-hybridized carbons (Fsp3) is 0.476. The summed E-state index contributed by atoms with van der Waals surface area (Å²) >= 11 is 2.23. The Kier molecular flexibility index (Phi) is 6.02. The molecule has 0 saturated heterocycles. The highest BCUT2D eigenvalue weighted by atomic mass is 127. The summed E-state index contributed by atoms with van der Waals surface area (Å²) in [6.45, 7) is 0.264. The molecule has 0 bridgehead atoms. The van der Waals surface area contributed by atoms with Gasteiger partial charge in [-0.25, -0.2) is 22.5 Å². The van der Waals surface area contributed by atoms with Crippen LogP contribution in [-0.2, 0) is 29.4 Å². The number of rotatable bonds is 8. The molecular formula is C21H23F2IN6O2S. The molecule has 2 aromatic heterocycles. The summed E-state index contributed by atoms with van der Waals surface area (Å²) in [5.41, 5.74) is 9.00. The fourth-order valence-electron chi connectivity index (χ4n) is 4.27. The van der Waals surface area contributed by atoms with Gasteiger partial charge in [0.25, 0.3) is 0 Å². The third kappa shape index (κ3) is 4.83. The molecular weight excluding hydrogens is 565 g/mol. The number of nitrogen functional groups attached to an aromatic ring is 1. The average Bonchev–Trinajstić information content (AvgIpc) is 3.38. The Morgan fingerprint density at radius 2 is 2.00 bits per heavy atom. The van der Waals surface area contributed by atoms with Crippen LogP contribution in [-0.4, -0.2) is 39.7 Å². The summed E-state index contributed by atoms with van der Waals surface area (Å²) in [6, 6.07) is 3.92. The van der Waals surface area contributed by atoms with Crippen LogP contribution in [0, 0.1) is 9.65 Å². The van der Waals surface area contributed by atoms with Gasteiger partial charge in [-0.15, -0.1) is 0 Å². The molecule has 1 atom stereocenters. The molecule has 1 unspecified atom stereocenters. The van der Waals surface area contributed by atoms with Gasteiger partial charge >= 0.3 is 6.08 Å². The quantitative estimate of drug-likeness (QED) is 0.309. The maximum Gasteiger partial charge on any atom is 0.312 e. The van der Waals surface area contributed by atoms with Crippen molar-refractivity contribution in [2.75, 3.05) is 11.5 Å². The molecule has 1 aromatic carbocycles. The normalized spacial score (nSPS) is 18.2. The van der Waals surface area contributed by atoms with Crippen molar-refractivity contribution in [1.82, 2.24) is 24.2 Å². The van der Waals surface area contributed by atoms with Crippen LogP contribution in [0.2, 0.25) is 0 Å². The number of aromatic nitrogens is 4. The smallest absolute Gasteiger partial charge is 0.312 e. The first-order valence-electron chi connectivity index (χ1n) is 10.8. The molecule has 2 heterocycles. The Morgan fingerprint density at radius 1 is 1.21 bits per heavy atom. The largest absolute Gasteiger partial charge is 0.382 e. The van der Waals surface area contributed by atoms with E-state index in [-0.39, 0.29) is 35.3 Å². The maximum absolute atomic E-state index is 14.3. The first-order valence-corrected chi connectivity index (χ1v) is 13.6. The van der Waals surface area contributed by atoms with Crippen molar-refractivity contribution in [3.63, 3.8) is 0 Å². The van der Waals surface area contributed by atoms with Crippen molar-refractivity contribution in [3.05, 3.63) is 44.3 Å². The molecule has 3 aromatic rings. The van der Waals surface area contributed by atoms with Gasteiger partial charge in [-0.3, -0.25) is 0 Å². The lowest BCUT2D eigenvalue weighted by Crippen LogP contribution is -2.28. The van der Waals surface area contributed by atoms with E-state index >= 15 is 0 Å². The third-order valence-corrected chi connectivity index (χ3v) is 8.58. The van der Waals surface area contributed by atoms with Crippen molar-refractivity contribution < 1.29 is 17.2 Å². The monoisotopic (exact) mass is 588 g/mol. The van der Waals surface area contributed by atoms with E-state index in [1.165, 1.54) is 0 Å². The molecule has 0 radical (unpaired) electrons. The van der Waals surface area contributed by atoms with E-state index in [2.05, 4.69) is 42.3 Å². The molecule has 0 amide bonds. The summed E-state index contributed by atoms with van der Waals surface area (Å²) in [4.78, 5) is 12.0. The average molecular weight is 588 g/mol. The molecule has 2 aliphatic rings. The number of fused-ring (bicyclic) bond motifs is 2. The Labute approximate surface area is 203 Å². The van der Waals surface area contributed by atoms with Gasteiger partial charge < -0.3 is 10.3 Å². The van der Waals surface area contributed by atoms with E-state index in [4.69, 9.17) is 5.73 Å².